The number of benzene rings is 1. The van der Waals surface area contributed by atoms with E-state index < -0.39 is 16.0 Å². The van der Waals surface area contributed by atoms with Gasteiger partial charge in [-0.1, -0.05) is 0 Å². The second kappa shape index (κ2) is 7.26. The summed E-state index contributed by atoms with van der Waals surface area (Å²) >= 11 is 0. The number of aromatic nitrogens is 2. The molecule has 1 aliphatic heterocycles. The number of hydrogen-bond donors (Lipinski definition) is 1. The number of ether oxygens (including phenoxy) is 2. The zero-order chi connectivity index (χ0) is 18.7. The Hall–Kier alpha value is -2.72. The average molecular weight is 378 g/mol. The lowest BCUT2D eigenvalue weighted by atomic mass is 10.2. The van der Waals surface area contributed by atoms with E-state index >= 15 is 0 Å². The Labute approximate surface area is 151 Å². The Morgan fingerprint density at radius 2 is 1.92 bits per heavy atom. The van der Waals surface area contributed by atoms with E-state index in [1.807, 2.05) is 0 Å². The first kappa shape index (κ1) is 18.1. The summed E-state index contributed by atoms with van der Waals surface area (Å²) in [5, 5.41) is 3.07. The molecule has 26 heavy (non-hydrogen) atoms. The lowest BCUT2D eigenvalue weighted by Crippen LogP contribution is -2.57. The van der Waals surface area contributed by atoms with Crippen molar-refractivity contribution < 1.29 is 22.7 Å². The zero-order valence-electron chi connectivity index (χ0n) is 14.2. The van der Waals surface area contributed by atoms with Crippen LogP contribution in [0.4, 0.5) is 5.95 Å². The molecule has 0 spiro atoms. The van der Waals surface area contributed by atoms with Gasteiger partial charge in [0.05, 0.1) is 25.8 Å². The van der Waals surface area contributed by atoms with Gasteiger partial charge in [-0.2, -0.15) is 4.31 Å². The Balaban J connectivity index is 1.77. The summed E-state index contributed by atoms with van der Waals surface area (Å²) in [6.45, 7) is 0.512. The van der Waals surface area contributed by atoms with Crippen molar-refractivity contribution in [3.05, 3.63) is 42.2 Å². The van der Waals surface area contributed by atoms with Gasteiger partial charge < -0.3 is 14.8 Å². The topological polar surface area (TPSA) is 111 Å². The van der Waals surface area contributed by atoms with E-state index in [0.717, 1.165) is 0 Å². The molecule has 0 unspecified atom stereocenters. The van der Waals surface area contributed by atoms with E-state index in [1.54, 1.807) is 18.5 Å². The van der Waals surface area contributed by atoms with Crippen LogP contribution in [0.25, 0.3) is 0 Å². The van der Waals surface area contributed by atoms with Crippen molar-refractivity contribution in [2.24, 2.45) is 0 Å². The first-order valence-electron chi connectivity index (χ1n) is 7.75. The van der Waals surface area contributed by atoms with E-state index in [0.29, 0.717) is 5.95 Å². The third-order valence-electron chi connectivity index (χ3n) is 3.95. The monoisotopic (exact) mass is 378 g/mol. The average Bonchev–Trinajstić information content (AvgIpc) is 2.63. The maximum atomic E-state index is 12.9. The highest BCUT2D eigenvalue weighted by Crippen LogP contribution is 2.31. The molecule has 0 saturated carbocycles. The van der Waals surface area contributed by atoms with Crippen LogP contribution in [-0.2, 0) is 14.8 Å². The van der Waals surface area contributed by atoms with Crippen LogP contribution in [0.1, 0.15) is 10.4 Å². The Bertz CT molecular complexity index is 898. The maximum absolute atomic E-state index is 12.9. The van der Waals surface area contributed by atoms with Gasteiger partial charge in [0, 0.05) is 25.5 Å². The molecular weight excluding hydrogens is 360 g/mol. The summed E-state index contributed by atoms with van der Waals surface area (Å²) in [5.41, 5.74) is 0.139. The van der Waals surface area contributed by atoms with Crippen molar-refractivity contribution in [1.82, 2.24) is 14.3 Å². The number of sulfonamides is 1. The molecule has 1 aliphatic rings. The third kappa shape index (κ3) is 3.46. The summed E-state index contributed by atoms with van der Waals surface area (Å²) in [6, 6.07) is 5.76. The highest BCUT2D eigenvalue weighted by molar-refractivity contribution is 7.89. The van der Waals surface area contributed by atoms with Gasteiger partial charge in [0.1, 0.15) is 10.6 Å². The first-order chi connectivity index (χ1) is 12.5. The number of rotatable bonds is 6. The van der Waals surface area contributed by atoms with Gasteiger partial charge in [0.25, 0.3) is 0 Å². The lowest BCUT2D eigenvalue weighted by molar-refractivity contribution is 0.0600. The van der Waals surface area contributed by atoms with Crippen LogP contribution in [0.3, 0.4) is 0 Å². The fourth-order valence-corrected chi connectivity index (χ4v) is 4.26. The highest BCUT2D eigenvalue weighted by Gasteiger charge is 2.38. The third-order valence-corrected chi connectivity index (χ3v) is 5.80. The standard InChI is InChI=1S/C16H18N4O5S/c1-24-13-5-4-11(15(21)25-2)8-14(13)26(22,23)20-9-12(10-20)19-16-17-6-3-7-18-16/h3-8,12H,9-10H2,1-2H3,(H,17,18,19). The Morgan fingerprint density at radius 3 is 2.54 bits per heavy atom. The smallest absolute Gasteiger partial charge is 0.337 e. The highest BCUT2D eigenvalue weighted by atomic mass is 32.2. The van der Waals surface area contributed by atoms with Gasteiger partial charge in [-0.25, -0.2) is 23.2 Å². The molecule has 1 fully saturated rings. The van der Waals surface area contributed by atoms with Crippen LogP contribution in [0.5, 0.6) is 5.75 Å². The van der Waals surface area contributed by atoms with E-state index in [-0.39, 0.29) is 35.3 Å². The Morgan fingerprint density at radius 1 is 1.23 bits per heavy atom. The summed E-state index contributed by atoms with van der Waals surface area (Å²) in [4.78, 5) is 19.7. The molecule has 0 aliphatic carbocycles. The zero-order valence-corrected chi connectivity index (χ0v) is 15.1. The van der Waals surface area contributed by atoms with Crippen LogP contribution >= 0.6 is 0 Å². The van der Waals surface area contributed by atoms with Crippen LogP contribution in [-0.4, -0.2) is 62.0 Å². The van der Waals surface area contributed by atoms with E-state index in [2.05, 4.69) is 20.0 Å². The number of hydrogen-bond acceptors (Lipinski definition) is 8. The van der Waals surface area contributed by atoms with E-state index in [4.69, 9.17) is 4.74 Å². The molecule has 0 atom stereocenters. The quantitative estimate of drug-likeness (QED) is 0.734. The molecule has 1 aromatic carbocycles. The van der Waals surface area contributed by atoms with Crippen LogP contribution in [0.15, 0.2) is 41.6 Å². The minimum absolute atomic E-state index is 0.0719. The maximum Gasteiger partial charge on any atom is 0.337 e. The van der Waals surface area contributed by atoms with Crippen LogP contribution in [0, 0.1) is 0 Å². The van der Waals surface area contributed by atoms with Crippen molar-refractivity contribution in [3.63, 3.8) is 0 Å². The molecule has 2 aromatic rings. The van der Waals surface area contributed by atoms with Crippen molar-refractivity contribution in [2.75, 3.05) is 32.6 Å². The predicted molar refractivity (Wildman–Crippen MR) is 92.5 cm³/mol. The van der Waals surface area contributed by atoms with Crippen molar-refractivity contribution >= 4 is 21.9 Å². The molecule has 1 saturated heterocycles. The number of anilines is 1. The molecule has 0 radical (unpaired) electrons. The number of nitrogens with zero attached hydrogens (tertiary/aromatic N) is 3. The number of carbonyl (C=O) groups is 1. The SMILES string of the molecule is COC(=O)c1ccc(OC)c(S(=O)(=O)N2CC(Nc3ncccn3)C2)c1. The van der Waals surface area contributed by atoms with Crippen molar-refractivity contribution in [1.29, 1.82) is 0 Å². The molecule has 9 nitrogen and oxygen atoms in total. The van der Waals surface area contributed by atoms with Gasteiger partial charge >= 0.3 is 5.97 Å². The molecule has 138 valence electrons. The predicted octanol–water partition coefficient (Wildman–Crippen LogP) is 0.757. The molecular formula is C16H18N4O5S. The fourth-order valence-electron chi connectivity index (χ4n) is 2.54. The normalized spacial score (nSPS) is 15.2. The fraction of sp³-hybridized carbons (Fsp3) is 0.312. The molecule has 1 aromatic heterocycles. The molecule has 0 bridgehead atoms. The number of nitrogens with one attached hydrogen (secondary N) is 1. The van der Waals surface area contributed by atoms with Gasteiger partial charge in [0.2, 0.25) is 16.0 Å². The molecule has 2 heterocycles. The molecule has 10 heteroatoms. The van der Waals surface area contributed by atoms with Gasteiger partial charge in [-0.3, -0.25) is 0 Å². The Kier molecular flexibility index (Phi) is 5.05. The van der Waals surface area contributed by atoms with Gasteiger partial charge in [0.15, 0.2) is 0 Å². The molecule has 0 amide bonds. The second-order valence-electron chi connectivity index (χ2n) is 5.59. The summed E-state index contributed by atoms with van der Waals surface area (Å²) in [5.74, 6) is -0.00578. The minimum atomic E-state index is -3.81. The number of esters is 1. The van der Waals surface area contributed by atoms with Crippen LogP contribution in [0.2, 0.25) is 0 Å². The molecule has 3 rings (SSSR count). The molecule has 1 N–H and O–H groups in total. The number of carbonyl (C=O) groups excluding carboxylic acids is 1. The second-order valence-corrected chi connectivity index (χ2v) is 7.50. The number of methoxy groups -OCH3 is 2. The largest absolute Gasteiger partial charge is 0.495 e. The van der Waals surface area contributed by atoms with Crippen LogP contribution < -0.4 is 10.1 Å². The summed E-state index contributed by atoms with van der Waals surface area (Å²) < 4.78 is 36.9. The van der Waals surface area contributed by atoms with E-state index in [1.165, 1.54) is 36.7 Å². The van der Waals surface area contributed by atoms with Gasteiger partial charge in [-0.15, -0.1) is 0 Å². The van der Waals surface area contributed by atoms with Crippen molar-refractivity contribution in [3.8, 4) is 5.75 Å². The van der Waals surface area contributed by atoms with E-state index in [9.17, 15) is 13.2 Å². The minimum Gasteiger partial charge on any atom is -0.495 e. The summed E-state index contributed by atoms with van der Waals surface area (Å²) in [7, 11) is -1.21. The lowest BCUT2D eigenvalue weighted by Gasteiger charge is -2.38. The summed E-state index contributed by atoms with van der Waals surface area (Å²) in [6.07, 6.45) is 3.21. The van der Waals surface area contributed by atoms with Crippen molar-refractivity contribution in [2.45, 2.75) is 10.9 Å². The van der Waals surface area contributed by atoms with Gasteiger partial charge in [-0.05, 0) is 24.3 Å². The first-order valence-corrected chi connectivity index (χ1v) is 9.19.